The number of rotatable bonds is 4. The van der Waals surface area contributed by atoms with Gasteiger partial charge in [0.2, 0.25) is 0 Å². The quantitative estimate of drug-likeness (QED) is 0.619. The molecule has 1 rings (SSSR count). The van der Waals surface area contributed by atoms with E-state index in [1.54, 1.807) is 30.3 Å². The number of nitriles is 1. The molecule has 82 valence electrons. The maximum atomic E-state index is 10.6. The number of aliphatic carboxylic acids is 1. The number of hydrogen-bond acceptors (Lipinski definition) is 3. The molecule has 1 N–H and O–H groups in total. The van der Waals surface area contributed by atoms with Gasteiger partial charge in [-0.15, -0.1) is 0 Å². The molecule has 0 atom stereocenters. The number of carboxylic acid groups (broad SMARTS) is 1. The maximum absolute atomic E-state index is 10.6. The number of carboxylic acids is 1. The molecule has 0 unspecified atom stereocenters. The van der Waals surface area contributed by atoms with Crippen LogP contribution < -0.4 is 4.74 Å². The highest BCUT2D eigenvalue weighted by Gasteiger charge is 2.05. The summed E-state index contributed by atoms with van der Waals surface area (Å²) in [5.74, 6) is -0.509. The molecule has 0 radical (unpaired) electrons. The van der Waals surface area contributed by atoms with Crippen LogP contribution in [0.4, 0.5) is 0 Å². The molecule has 0 fully saturated rings. The van der Waals surface area contributed by atoms with Gasteiger partial charge in [-0.2, -0.15) is 5.26 Å². The van der Waals surface area contributed by atoms with E-state index >= 15 is 0 Å². The second-order valence-electron chi connectivity index (χ2n) is 2.98. The summed E-state index contributed by atoms with van der Waals surface area (Å²) in [7, 11) is 0. The van der Waals surface area contributed by atoms with Gasteiger partial charge in [0, 0.05) is 0 Å². The van der Waals surface area contributed by atoms with Crippen LogP contribution in [0, 0.1) is 11.3 Å². The molecule has 16 heavy (non-hydrogen) atoms. The summed E-state index contributed by atoms with van der Waals surface area (Å²) < 4.78 is 5.24. The molecule has 0 saturated heterocycles. The molecule has 0 amide bonds. The van der Waals surface area contributed by atoms with Crippen LogP contribution in [-0.4, -0.2) is 17.7 Å². The van der Waals surface area contributed by atoms with Crippen molar-refractivity contribution in [3.63, 3.8) is 0 Å². The Morgan fingerprint density at radius 1 is 1.50 bits per heavy atom. The smallest absolute Gasteiger partial charge is 0.346 e. The van der Waals surface area contributed by atoms with E-state index in [2.05, 4.69) is 0 Å². The molecule has 0 spiro atoms. The normalized spacial score (nSPS) is 10.6. The van der Waals surface area contributed by atoms with Crippen molar-refractivity contribution in [1.82, 2.24) is 0 Å². The van der Waals surface area contributed by atoms with Gasteiger partial charge < -0.3 is 9.84 Å². The summed E-state index contributed by atoms with van der Waals surface area (Å²) in [6.45, 7) is 2.46. The van der Waals surface area contributed by atoms with Gasteiger partial charge in [-0.3, -0.25) is 0 Å². The Balaban J connectivity index is 2.90. The highest BCUT2D eigenvalue weighted by molar-refractivity contribution is 5.96. The average molecular weight is 217 g/mol. The SMILES string of the molecule is CCOc1ccc(/C=C(\C#N)C(=O)O)cc1. The summed E-state index contributed by atoms with van der Waals surface area (Å²) in [6.07, 6.45) is 1.32. The number of ether oxygens (including phenoxy) is 1. The van der Waals surface area contributed by atoms with Crippen molar-refractivity contribution in [3.05, 3.63) is 35.4 Å². The molecule has 4 heteroatoms. The minimum atomic E-state index is -1.23. The predicted octanol–water partition coefficient (Wildman–Crippen LogP) is 2.08. The third-order valence-corrected chi connectivity index (χ3v) is 1.85. The van der Waals surface area contributed by atoms with Crippen molar-refractivity contribution in [2.75, 3.05) is 6.61 Å². The zero-order valence-corrected chi connectivity index (χ0v) is 8.80. The number of nitrogens with zero attached hydrogens (tertiary/aromatic N) is 1. The summed E-state index contributed by atoms with van der Waals surface area (Å²) >= 11 is 0. The predicted molar refractivity (Wildman–Crippen MR) is 58.8 cm³/mol. The molecule has 4 nitrogen and oxygen atoms in total. The Labute approximate surface area is 93.4 Å². The summed E-state index contributed by atoms with van der Waals surface area (Å²) in [4.78, 5) is 10.6. The molecular weight excluding hydrogens is 206 g/mol. The van der Waals surface area contributed by atoms with Gasteiger partial charge >= 0.3 is 5.97 Å². The molecular formula is C12H11NO3. The lowest BCUT2D eigenvalue weighted by Gasteiger charge is -2.02. The van der Waals surface area contributed by atoms with E-state index in [-0.39, 0.29) is 5.57 Å². The van der Waals surface area contributed by atoms with Crippen molar-refractivity contribution >= 4 is 12.0 Å². The zero-order chi connectivity index (χ0) is 12.0. The molecule has 1 aromatic rings. The fraction of sp³-hybridized carbons (Fsp3) is 0.167. The molecule has 0 aliphatic rings. The van der Waals surface area contributed by atoms with Crippen molar-refractivity contribution in [3.8, 4) is 11.8 Å². The van der Waals surface area contributed by atoms with Crippen LogP contribution in [0.15, 0.2) is 29.8 Å². The number of benzene rings is 1. The van der Waals surface area contributed by atoms with Gasteiger partial charge in [0.25, 0.3) is 0 Å². The van der Waals surface area contributed by atoms with E-state index in [1.807, 2.05) is 6.92 Å². The van der Waals surface area contributed by atoms with Crippen molar-refractivity contribution in [2.45, 2.75) is 6.92 Å². The lowest BCUT2D eigenvalue weighted by atomic mass is 10.1. The van der Waals surface area contributed by atoms with Crippen molar-refractivity contribution in [1.29, 1.82) is 5.26 Å². The first kappa shape index (κ1) is 11.8. The van der Waals surface area contributed by atoms with Crippen LogP contribution in [-0.2, 0) is 4.79 Å². The molecule has 0 bridgehead atoms. The van der Waals surface area contributed by atoms with Crippen LogP contribution in [0.1, 0.15) is 12.5 Å². The van der Waals surface area contributed by atoms with Crippen LogP contribution in [0.2, 0.25) is 0 Å². The zero-order valence-electron chi connectivity index (χ0n) is 8.80. The molecule has 0 aromatic heterocycles. The van der Waals surface area contributed by atoms with Crippen LogP contribution in [0.25, 0.3) is 6.08 Å². The fourth-order valence-corrected chi connectivity index (χ4v) is 1.14. The third-order valence-electron chi connectivity index (χ3n) is 1.85. The monoisotopic (exact) mass is 217 g/mol. The van der Waals surface area contributed by atoms with Gasteiger partial charge in [0.05, 0.1) is 6.61 Å². The van der Waals surface area contributed by atoms with E-state index in [1.165, 1.54) is 6.08 Å². The van der Waals surface area contributed by atoms with Gasteiger partial charge in [-0.1, -0.05) is 12.1 Å². The average Bonchev–Trinajstić information content (AvgIpc) is 2.28. The Bertz CT molecular complexity index is 440. The van der Waals surface area contributed by atoms with Crippen LogP contribution >= 0.6 is 0 Å². The maximum Gasteiger partial charge on any atom is 0.346 e. The highest BCUT2D eigenvalue weighted by Crippen LogP contribution is 2.14. The lowest BCUT2D eigenvalue weighted by Crippen LogP contribution is -1.97. The molecule has 0 saturated carbocycles. The summed E-state index contributed by atoms with van der Waals surface area (Å²) in [5.41, 5.74) is 0.367. The van der Waals surface area contributed by atoms with E-state index in [4.69, 9.17) is 15.1 Å². The van der Waals surface area contributed by atoms with Gasteiger partial charge in [0.1, 0.15) is 17.4 Å². The largest absolute Gasteiger partial charge is 0.494 e. The highest BCUT2D eigenvalue weighted by atomic mass is 16.5. The first-order chi connectivity index (χ1) is 7.67. The first-order valence-electron chi connectivity index (χ1n) is 4.75. The summed E-state index contributed by atoms with van der Waals surface area (Å²) in [6, 6.07) is 8.48. The Morgan fingerprint density at radius 2 is 2.12 bits per heavy atom. The van der Waals surface area contributed by atoms with Gasteiger partial charge in [0.15, 0.2) is 0 Å². The van der Waals surface area contributed by atoms with E-state index in [9.17, 15) is 4.79 Å². The molecule has 0 aliphatic heterocycles. The minimum absolute atomic E-state index is 0.288. The Hall–Kier alpha value is -2.28. The molecule has 0 heterocycles. The third kappa shape index (κ3) is 3.14. The topological polar surface area (TPSA) is 70.3 Å². The van der Waals surface area contributed by atoms with Crippen LogP contribution in [0.3, 0.4) is 0 Å². The second kappa shape index (κ2) is 5.56. The fourth-order valence-electron chi connectivity index (χ4n) is 1.14. The van der Waals surface area contributed by atoms with Crippen LogP contribution in [0.5, 0.6) is 5.75 Å². The standard InChI is InChI=1S/C12H11NO3/c1-2-16-11-5-3-9(4-6-11)7-10(8-13)12(14)15/h3-7H,2H2,1H3,(H,14,15)/b10-7+. The Morgan fingerprint density at radius 3 is 2.56 bits per heavy atom. The van der Waals surface area contributed by atoms with Gasteiger partial charge in [-0.05, 0) is 30.7 Å². The van der Waals surface area contributed by atoms with Gasteiger partial charge in [-0.25, -0.2) is 4.79 Å². The minimum Gasteiger partial charge on any atom is -0.494 e. The number of hydrogen-bond donors (Lipinski definition) is 1. The van der Waals surface area contributed by atoms with Crippen molar-refractivity contribution in [2.24, 2.45) is 0 Å². The lowest BCUT2D eigenvalue weighted by molar-refractivity contribution is -0.132. The molecule has 0 aliphatic carbocycles. The summed E-state index contributed by atoms with van der Waals surface area (Å²) in [5, 5.41) is 17.2. The second-order valence-corrected chi connectivity index (χ2v) is 2.98. The number of carbonyl (C=O) groups is 1. The van der Waals surface area contributed by atoms with E-state index < -0.39 is 5.97 Å². The molecule has 1 aromatic carbocycles. The Kier molecular flexibility index (Phi) is 4.10. The van der Waals surface area contributed by atoms with E-state index in [0.29, 0.717) is 17.9 Å². The first-order valence-corrected chi connectivity index (χ1v) is 4.75. The van der Waals surface area contributed by atoms with E-state index in [0.717, 1.165) is 0 Å². The van der Waals surface area contributed by atoms with Crippen molar-refractivity contribution < 1.29 is 14.6 Å².